The third-order valence-corrected chi connectivity index (χ3v) is 8.70. The second-order valence-corrected chi connectivity index (χ2v) is 12.2. The van der Waals surface area contributed by atoms with E-state index in [4.69, 9.17) is 9.72 Å². The number of rotatable bonds is 5. The van der Waals surface area contributed by atoms with Crippen LogP contribution in [-0.2, 0) is 16.0 Å². The molecule has 0 spiro atoms. The van der Waals surface area contributed by atoms with Gasteiger partial charge in [0, 0.05) is 30.3 Å². The highest BCUT2D eigenvalue weighted by Gasteiger charge is 2.24. The van der Waals surface area contributed by atoms with Crippen molar-refractivity contribution in [1.82, 2.24) is 9.38 Å². The molecule has 0 bridgehead atoms. The van der Waals surface area contributed by atoms with Gasteiger partial charge in [-0.2, -0.15) is 0 Å². The molecule has 1 fully saturated rings. The highest BCUT2D eigenvalue weighted by atomic mass is 79.9. The van der Waals surface area contributed by atoms with Crippen LogP contribution in [0.4, 0.5) is 5.69 Å². The second-order valence-electron chi connectivity index (χ2n) is 8.40. The Hall–Kier alpha value is -1.65. The van der Waals surface area contributed by atoms with Crippen LogP contribution in [0.25, 0.3) is 11.2 Å². The predicted octanol–water partition coefficient (Wildman–Crippen LogP) is 5.18. The predicted molar refractivity (Wildman–Crippen MR) is 134 cm³/mol. The number of imidazole rings is 1. The van der Waals surface area contributed by atoms with Gasteiger partial charge in [-0.3, -0.25) is 4.79 Å². The SMILES string of the molecule is CCOC(=O)Cc1c(C)cn2cc(C3=CC(Br)CC=C3)nc2c1N1CCCP(C)CC1. The molecule has 4 rings (SSSR count). The number of pyridine rings is 1. The van der Waals surface area contributed by atoms with Crippen molar-refractivity contribution in [2.45, 2.75) is 37.9 Å². The van der Waals surface area contributed by atoms with Gasteiger partial charge < -0.3 is 14.0 Å². The van der Waals surface area contributed by atoms with Crippen molar-refractivity contribution in [2.75, 3.05) is 43.6 Å². The van der Waals surface area contributed by atoms with Gasteiger partial charge in [0.1, 0.15) is 0 Å². The van der Waals surface area contributed by atoms with Gasteiger partial charge >= 0.3 is 5.97 Å². The van der Waals surface area contributed by atoms with E-state index in [2.05, 4.69) is 69.4 Å². The number of fused-ring (bicyclic) bond motifs is 1. The van der Waals surface area contributed by atoms with Crippen molar-refractivity contribution in [3.8, 4) is 0 Å². The molecule has 2 aliphatic rings. The van der Waals surface area contributed by atoms with Gasteiger partial charge in [0.05, 0.1) is 24.4 Å². The monoisotopic (exact) mass is 503 g/mol. The minimum absolute atomic E-state index is 0.0877. The molecule has 7 heteroatoms. The number of aryl methyl sites for hydroxylation is 1. The number of allylic oxidation sites excluding steroid dienone is 4. The number of alkyl halides is 1. The number of ether oxygens (including phenoxy) is 1. The molecular weight excluding hydrogens is 473 g/mol. The fraction of sp³-hybridized carbons (Fsp3) is 0.500. The third-order valence-electron chi connectivity index (χ3n) is 6.02. The summed E-state index contributed by atoms with van der Waals surface area (Å²) in [6.45, 7) is 8.78. The van der Waals surface area contributed by atoms with Crippen molar-refractivity contribution in [3.05, 3.63) is 47.4 Å². The Bertz CT molecular complexity index is 1030. The second kappa shape index (κ2) is 9.87. The topological polar surface area (TPSA) is 46.8 Å². The van der Waals surface area contributed by atoms with E-state index in [-0.39, 0.29) is 20.3 Å². The molecule has 2 unspecified atom stereocenters. The van der Waals surface area contributed by atoms with E-state index >= 15 is 0 Å². The Morgan fingerprint density at radius 2 is 2.16 bits per heavy atom. The third kappa shape index (κ3) is 5.06. The number of esters is 1. The molecule has 166 valence electrons. The first-order valence-corrected chi connectivity index (χ1v) is 14.2. The molecule has 3 heterocycles. The average Bonchev–Trinajstić information content (AvgIpc) is 3.03. The zero-order valence-electron chi connectivity index (χ0n) is 18.6. The highest BCUT2D eigenvalue weighted by Crippen LogP contribution is 2.38. The number of halogens is 1. The van der Waals surface area contributed by atoms with Gasteiger partial charge in [-0.25, -0.2) is 4.98 Å². The molecule has 1 aliphatic heterocycles. The minimum Gasteiger partial charge on any atom is -0.466 e. The zero-order valence-corrected chi connectivity index (χ0v) is 21.1. The van der Waals surface area contributed by atoms with E-state index in [1.807, 2.05) is 6.92 Å². The molecule has 5 nitrogen and oxygen atoms in total. The molecule has 0 aromatic carbocycles. The number of nitrogens with zero attached hydrogens (tertiary/aromatic N) is 3. The molecule has 31 heavy (non-hydrogen) atoms. The Labute approximate surface area is 194 Å². The number of anilines is 1. The number of hydrogen-bond donors (Lipinski definition) is 0. The van der Waals surface area contributed by atoms with Crippen LogP contribution in [0.2, 0.25) is 0 Å². The van der Waals surface area contributed by atoms with E-state index in [0.717, 1.165) is 53.2 Å². The number of carbonyl (C=O) groups is 1. The van der Waals surface area contributed by atoms with Crippen LogP contribution < -0.4 is 4.90 Å². The summed E-state index contributed by atoms with van der Waals surface area (Å²) in [6.07, 6.45) is 15.8. The summed E-state index contributed by atoms with van der Waals surface area (Å²) in [7, 11) is 0.0877. The van der Waals surface area contributed by atoms with Crippen molar-refractivity contribution < 1.29 is 9.53 Å². The van der Waals surface area contributed by atoms with Crippen LogP contribution >= 0.6 is 23.9 Å². The lowest BCUT2D eigenvalue weighted by atomic mass is 10.0. The molecule has 1 aliphatic carbocycles. The van der Waals surface area contributed by atoms with Crippen molar-refractivity contribution in [1.29, 1.82) is 0 Å². The summed E-state index contributed by atoms with van der Waals surface area (Å²) in [4.78, 5) is 20.4. The molecule has 0 saturated carbocycles. The van der Waals surface area contributed by atoms with Crippen LogP contribution in [0.15, 0.2) is 30.6 Å². The fourth-order valence-corrected chi connectivity index (χ4v) is 6.40. The highest BCUT2D eigenvalue weighted by molar-refractivity contribution is 9.09. The van der Waals surface area contributed by atoms with Gasteiger partial charge in [0.25, 0.3) is 0 Å². The standard InChI is InChI=1S/C24H31BrN3O2P/c1-4-30-22(29)14-20-17(2)15-28-16-21(18-7-5-8-19(25)13-18)26-24(28)23(20)27-9-6-11-31(3)12-10-27/h5,7,13,15-16,19H,4,6,8-12,14H2,1-3H3. The van der Waals surface area contributed by atoms with Gasteiger partial charge in [0.15, 0.2) is 5.65 Å². The molecule has 1 saturated heterocycles. The summed E-state index contributed by atoms with van der Waals surface area (Å²) in [5, 5.41) is 0. The van der Waals surface area contributed by atoms with Crippen LogP contribution in [0.5, 0.6) is 0 Å². The van der Waals surface area contributed by atoms with E-state index in [0.29, 0.717) is 11.4 Å². The normalized spacial score (nSPS) is 21.8. The number of aromatic nitrogens is 2. The average molecular weight is 504 g/mol. The Kier molecular flexibility index (Phi) is 7.18. The molecular formula is C24H31BrN3O2P. The first-order chi connectivity index (χ1) is 15.0. The van der Waals surface area contributed by atoms with E-state index < -0.39 is 0 Å². The van der Waals surface area contributed by atoms with Gasteiger partial charge in [0.2, 0.25) is 0 Å². The van der Waals surface area contributed by atoms with Crippen molar-refractivity contribution in [2.24, 2.45) is 0 Å². The summed E-state index contributed by atoms with van der Waals surface area (Å²) < 4.78 is 7.44. The largest absolute Gasteiger partial charge is 0.466 e. The van der Waals surface area contributed by atoms with Crippen LogP contribution in [0.3, 0.4) is 0 Å². The lowest BCUT2D eigenvalue weighted by Crippen LogP contribution is -2.28. The number of carbonyl (C=O) groups excluding carboxylic acids is 1. The first kappa shape index (κ1) is 22.5. The van der Waals surface area contributed by atoms with Crippen LogP contribution in [-0.4, -0.2) is 58.9 Å². The Morgan fingerprint density at radius 3 is 2.94 bits per heavy atom. The van der Waals surface area contributed by atoms with E-state index in [1.165, 1.54) is 18.7 Å². The first-order valence-electron chi connectivity index (χ1n) is 11.1. The Balaban J connectivity index is 1.83. The van der Waals surface area contributed by atoms with Crippen LogP contribution in [0, 0.1) is 6.92 Å². The Morgan fingerprint density at radius 1 is 1.32 bits per heavy atom. The maximum absolute atomic E-state index is 12.5. The maximum atomic E-state index is 12.5. The quantitative estimate of drug-likeness (QED) is 0.320. The summed E-state index contributed by atoms with van der Waals surface area (Å²) >= 11 is 3.71. The lowest BCUT2D eigenvalue weighted by molar-refractivity contribution is -0.142. The molecule has 0 amide bonds. The smallest absolute Gasteiger partial charge is 0.310 e. The minimum atomic E-state index is -0.171. The summed E-state index contributed by atoms with van der Waals surface area (Å²) in [5.41, 5.74) is 6.32. The summed E-state index contributed by atoms with van der Waals surface area (Å²) in [5.74, 6) is -0.171. The van der Waals surface area contributed by atoms with E-state index in [9.17, 15) is 4.79 Å². The number of hydrogen-bond acceptors (Lipinski definition) is 4. The molecule has 2 atom stereocenters. The van der Waals surface area contributed by atoms with Gasteiger partial charge in [-0.15, -0.1) is 7.92 Å². The molecule has 0 N–H and O–H groups in total. The summed E-state index contributed by atoms with van der Waals surface area (Å²) in [6, 6.07) is 0. The molecule has 2 aromatic heterocycles. The van der Waals surface area contributed by atoms with Crippen molar-refractivity contribution in [3.63, 3.8) is 0 Å². The zero-order chi connectivity index (χ0) is 22.0. The fourth-order valence-electron chi connectivity index (χ4n) is 4.41. The van der Waals surface area contributed by atoms with Crippen molar-refractivity contribution >= 4 is 46.7 Å². The maximum Gasteiger partial charge on any atom is 0.310 e. The van der Waals surface area contributed by atoms with Crippen LogP contribution in [0.1, 0.15) is 36.6 Å². The van der Waals surface area contributed by atoms with Gasteiger partial charge in [-0.05, 0) is 62.4 Å². The van der Waals surface area contributed by atoms with Gasteiger partial charge in [-0.1, -0.05) is 34.2 Å². The lowest BCUT2D eigenvalue weighted by Gasteiger charge is -2.27. The van der Waals surface area contributed by atoms with E-state index in [1.54, 1.807) is 0 Å². The molecule has 2 aromatic rings. The molecule has 0 radical (unpaired) electrons.